The van der Waals surface area contributed by atoms with Crippen molar-refractivity contribution in [2.24, 2.45) is 17.8 Å². The second-order valence-corrected chi connectivity index (χ2v) is 7.49. The number of hydrogen-bond donors (Lipinski definition) is 0. The summed E-state index contributed by atoms with van der Waals surface area (Å²) in [6.07, 6.45) is 3.74. The van der Waals surface area contributed by atoms with Crippen LogP contribution in [0.25, 0.3) is 0 Å². The van der Waals surface area contributed by atoms with E-state index < -0.39 is 0 Å². The molecule has 0 N–H and O–H groups in total. The summed E-state index contributed by atoms with van der Waals surface area (Å²) in [5, 5.41) is 0. The Kier molecular flexibility index (Phi) is 9.19. The van der Waals surface area contributed by atoms with Gasteiger partial charge < -0.3 is 14.2 Å². The van der Waals surface area contributed by atoms with Gasteiger partial charge >= 0.3 is 0 Å². The molecule has 0 aliphatic carbocycles. The minimum Gasteiger partial charge on any atom is -0.365 e. The van der Waals surface area contributed by atoms with E-state index in [4.69, 9.17) is 0 Å². The van der Waals surface area contributed by atoms with Crippen molar-refractivity contribution in [2.75, 3.05) is 19.6 Å². The van der Waals surface area contributed by atoms with Crippen molar-refractivity contribution in [1.82, 2.24) is 14.2 Å². The minimum atomic E-state index is 0.469. The first-order valence-electron chi connectivity index (χ1n) is 9.38. The molecule has 0 amide bonds. The second kappa shape index (κ2) is 10.0. The number of hydrogen-bond acceptors (Lipinski definition) is 3. The highest BCUT2D eigenvalue weighted by atomic mass is 15.3. The van der Waals surface area contributed by atoms with Gasteiger partial charge in [-0.15, -0.1) is 0 Å². The maximum Gasteiger partial charge on any atom is 0.290 e. The SMILES string of the molecule is CCC(C)CN1[B]N(CC(C)CC)B(C)N(CC(C)CC)[B]1. The Morgan fingerprint density at radius 1 is 0.727 bits per heavy atom. The average Bonchev–Trinajstić information content (AvgIpc) is 2.51. The molecule has 0 aromatic heterocycles. The van der Waals surface area contributed by atoms with Crippen LogP contribution in [0.5, 0.6) is 0 Å². The van der Waals surface area contributed by atoms with Crippen LogP contribution in [-0.2, 0) is 0 Å². The Morgan fingerprint density at radius 2 is 1.09 bits per heavy atom. The Bertz CT molecular complexity index is 284. The normalized spacial score (nSPS) is 22.0. The van der Waals surface area contributed by atoms with Gasteiger partial charge in [-0.1, -0.05) is 67.6 Å². The molecule has 2 radical (unpaired) electrons. The van der Waals surface area contributed by atoms with Gasteiger partial charge in [-0.3, -0.25) is 0 Å². The Balaban J connectivity index is 2.73. The molecule has 0 spiro atoms. The van der Waals surface area contributed by atoms with E-state index in [1.807, 2.05) is 0 Å². The highest BCUT2D eigenvalue weighted by molar-refractivity contribution is 6.73. The summed E-state index contributed by atoms with van der Waals surface area (Å²) in [5.41, 5.74) is 0. The van der Waals surface area contributed by atoms with Crippen LogP contribution in [0.15, 0.2) is 0 Å². The summed E-state index contributed by atoms with van der Waals surface area (Å²) >= 11 is 0. The monoisotopic (exact) mass is 303 g/mol. The molecule has 1 aliphatic rings. The summed E-state index contributed by atoms with van der Waals surface area (Å²) < 4.78 is 7.50. The highest BCUT2D eigenvalue weighted by Crippen LogP contribution is 2.17. The van der Waals surface area contributed by atoms with Gasteiger partial charge in [-0.25, -0.2) is 0 Å². The molecule has 3 atom stereocenters. The number of rotatable bonds is 9. The molecule has 0 aromatic carbocycles. The smallest absolute Gasteiger partial charge is 0.290 e. The third-order valence-electron chi connectivity index (χ3n) is 5.21. The first kappa shape index (κ1) is 20.1. The molecular formula is C16H36B3N3. The van der Waals surface area contributed by atoms with E-state index in [1.165, 1.54) is 19.3 Å². The lowest BCUT2D eigenvalue weighted by Crippen LogP contribution is -2.68. The van der Waals surface area contributed by atoms with Crippen molar-refractivity contribution in [3.63, 3.8) is 0 Å². The van der Waals surface area contributed by atoms with Crippen LogP contribution in [-0.4, -0.2) is 55.9 Å². The van der Waals surface area contributed by atoms with Gasteiger partial charge in [-0.2, -0.15) is 0 Å². The summed E-state index contributed by atoms with van der Waals surface area (Å²) in [7, 11) is 4.71. The van der Waals surface area contributed by atoms with Gasteiger partial charge in [-0.05, 0) is 37.4 Å². The van der Waals surface area contributed by atoms with Gasteiger partial charge in [0.25, 0.3) is 22.1 Å². The van der Waals surface area contributed by atoms with Crippen molar-refractivity contribution in [3.8, 4) is 0 Å². The maximum absolute atomic E-state index is 2.54. The van der Waals surface area contributed by atoms with Crippen molar-refractivity contribution >= 4 is 22.1 Å². The topological polar surface area (TPSA) is 9.72 Å². The Morgan fingerprint density at radius 3 is 1.45 bits per heavy atom. The Labute approximate surface area is 141 Å². The molecule has 1 saturated heterocycles. The van der Waals surface area contributed by atoms with Crippen LogP contribution in [0.4, 0.5) is 0 Å². The second-order valence-electron chi connectivity index (χ2n) is 7.49. The van der Waals surface area contributed by atoms with Gasteiger partial charge in [0.1, 0.15) is 0 Å². The molecule has 124 valence electrons. The van der Waals surface area contributed by atoms with E-state index in [0.717, 1.165) is 37.4 Å². The number of nitrogens with zero attached hydrogens (tertiary/aromatic N) is 3. The fourth-order valence-corrected chi connectivity index (χ4v) is 2.75. The van der Waals surface area contributed by atoms with Crippen molar-refractivity contribution in [2.45, 2.75) is 67.6 Å². The lowest BCUT2D eigenvalue weighted by Gasteiger charge is -2.46. The Hall–Kier alpha value is 0.0748. The third-order valence-corrected chi connectivity index (χ3v) is 5.21. The van der Waals surface area contributed by atoms with Crippen molar-refractivity contribution in [1.29, 1.82) is 0 Å². The summed E-state index contributed by atoms with van der Waals surface area (Å²) in [4.78, 5) is 0. The average molecular weight is 303 g/mol. The van der Waals surface area contributed by atoms with E-state index in [-0.39, 0.29) is 0 Å². The maximum atomic E-state index is 2.54. The molecule has 3 unspecified atom stereocenters. The zero-order valence-electron chi connectivity index (χ0n) is 16.0. The molecule has 22 heavy (non-hydrogen) atoms. The zero-order valence-corrected chi connectivity index (χ0v) is 16.0. The van der Waals surface area contributed by atoms with Crippen LogP contribution in [0, 0.1) is 17.8 Å². The molecule has 0 bridgehead atoms. The van der Waals surface area contributed by atoms with E-state index in [9.17, 15) is 0 Å². The van der Waals surface area contributed by atoms with Gasteiger partial charge in [0, 0.05) is 0 Å². The van der Waals surface area contributed by atoms with E-state index in [2.05, 4.69) is 77.6 Å². The van der Waals surface area contributed by atoms with Crippen LogP contribution in [0.3, 0.4) is 0 Å². The van der Waals surface area contributed by atoms with Crippen LogP contribution in [0.2, 0.25) is 6.82 Å². The van der Waals surface area contributed by atoms with E-state index in [1.54, 1.807) is 0 Å². The predicted molar refractivity (Wildman–Crippen MR) is 102 cm³/mol. The molecule has 1 heterocycles. The standard InChI is InChI=1S/C16H36B3N3/c1-8-14(4)11-20-17-21(12-15(5)9-2)19(7)22(18-20)13-16(6)10-3/h14-16H,8-13H2,1-7H3. The molecule has 0 saturated carbocycles. The molecule has 3 nitrogen and oxygen atoms in total. The lowest BCUT2D eigenvalue weighted by atomic mass is 9.59. The molecular weight excluding hydrogens is 267 g/mol. The summed E-state index contributed by atoms with van der Waals surface area (Å²) in [6, 6.07) is 0. The third kappa shape index (κ3) is 6.29. The zero-order chi connectivity index (χ0) is 16.7. The summed E-state index contributed by atoms with van der Waals surface area (Å²) in [6.45, 7) is 20.2. The fourth-order valence-electron chi connectivity index (χ4n) is 2.75. The molecule has 6 heteroatoms. The highest BCUT2D eigenvalue weighted by Gasteiger charge is 2.36. The molecule has 1 aliphatic heterocycles. The lowest BCUT2D eigenvalue weighted by molar-refractivity contribution is 0.362. The van der Waals surface area contributed by atoms with Crippen LogP contribution < -0.4 is 0 Å². The van der Waals surface area contributed by atoms with Gasteiger partial charge in [0.15, 0.2) is 0 Å². The molecule has 1 fully saturated rings. The minimum absolute atomic E-state index is 0.469. The molecule has 0 aromatic rings. The first-order valence-corrected chi connectivity index (χ1v) is 9.38. The van der Waals surface area contributed by atoms with E-state index in [0.29, 0.717) is 6.98 Å². The van der Waals surface area contributed by atoms with E-state index >= 15 is 0 Å². The molecule has 1 rings (SSSR count). The van der Waals surface area contributed by atoms with Crippen molar-refractivity contribution < 1.29 is 0 Å². The quantitative estimate of drug-likeness (QED) is 0.606. The first-order chi connectivity index (χ1) is 10.4. The van der Waals surface area contributed by atoms with Crippen LogP contribution in [0.1, 0.15) is 60.8 Å². The summed E-state index contributed by atoms with van der Waals surface area (Å²) in [5.74, 6) is 2.22. The van der Waals surface area contributed by atoms with Gasteiger partial charge in [0.05, 0.1) is 0 Å². The predicted octanol–water partition coefficient (Wildman–Crippen LogP) is 3.23. The van der Waals surface area contributed by atoms with Crippen LogP contribution >= 0.6 is 0 Å². The largest absolute Gasteiger partial charge is 0.365 e. The fraction of sp³-hybridized carbons (Fsp3) is 1.00. The van der Waals surface area contributed by atoms with Gasteiger partial charge in [0.2, 0.25) is 0 Å². The van der Waals surface area contributed by atoms with Crippen molar-refractivity contribution in [3.05, 3.63) is 0 Å².